The van der Waals surface area contributed by atoms with Crippen molar-refractivity contribution in [1.82, 2.24) is 10.2 Å². The van der Waals surface area contributed by atoms with Gasteiger partial charge in [0.15, 0.2) is 0 Å². The van der Waals surface area contributed by atoms with Gasteiger partial charge in [-0.1, -0.05) is 44.5 Å². The van der Waals surface area contributed by atoms with Gasteiger partial charge < -0.3 is 4.74 Å². The number of cyclic esters (lactones) is 1. The van der Waals surface area contributed by atoms with Gasteiger partial charge >= 0.3 is 6.09 Å². The first-order valence-electron chi connectivity index (χ1n) is 8.90. The van der Waals surface area contributed by atoms with Gasteiger partial charge in [-0.2, -0.15) is 0 Å². The van der Waals surface area contributed by atoms with Crippen LogP contribution in [0.5, 0.6) is 0 Å². The van der Waals surface area contributed by atoms with Crippen molar-refractivity contribution in [3.63, 3.8) is 0 Å². The van der Waals surface area contributed by atoms with Crippen molar-refractivity contribution < 1.29 is 19.1 Å². The molecular weight excluding hydrogens is 320 g/mol. The second-order valence-corrected chi connectivity index (χ2v) is 6.85. The van der Waals surface area contributed by atoms with E-state index in [1.807, 2.05) is 12.1 Å². The van der Waals surface area contributed by atoms with E-state index in [0.29, 0.717) is 18.9 Å². The molecule has 2 saturated heterocycles. The maximum Gasteiger partial charge on any atom is 0.411 e. The predicted octanol–water partition coefficient (Wildman–Crippen LogP) is 2.89. The molecule has 6 heteroatoms. The van der Waals surface area contributed by atoms with Crippen molar-refractivity contribution >= 4 is 17.9 Å². The van der Waals surface area contributed by atoms with E-state index in [0.717, 1.165) is 18.4 Å². The second kappa shape index (κ2) is 7.25. The van der Waals surface area contributed by atoms with Crippen LogP contribution < -0.4 is 5.32 Å². The van der Waals surface area contributed by atoms with E-state index in [2.05, 4.69) is 31.3 Å². The maximum atomic E-state index is 12.2. The number of carbonyl (C=O) groups is 3. The summed E-state index contributed by atoms with van der Waals surface area (Å²) < 4.78 is 5.46. The maximum absolute atomic E-state index is 12.2. The number of hydrogen-bond acceptors (Lipinski definition) is 4. The van der Waals surface area contributed by atoms with Crippen molar-refractivity contribution in [2.45, 2.75) is 57.6 Å². The molecule has 1 aromatic rings. The van der Waals surface area contributed by atoms with Crippen LogP contribution in [0.1, 0.15) is 62.7 Å². The minimum Gasteiger partial charge on any atom is -0.439 e. The number of piperidine rings is 1. The molecule has 0 radical (unpaired) electrons. The van der Waals surface area contributed by atoms with Crippen LogP contribution in [0.3, 0.4) is 0 Å². The van der Waals surface area contributed by atoms with E-state index in [1.165, 1.54) is 10.5 Å². The molecule has 0 aliphatic carbocycles. The Hall–Kier alpha value is -2.37. The molecule has 0 spiro atoms. The summed E-state index contributed by atoms with van der Waals surface area (Å²) in [4.78, 5) is 36.9. The third kappa shape index (κ3) is 3.67. The third-order valence-electron chi connectivity index (χ3n) is 5.03. The first-order valence-corrected chi connectivity index (χ1v) is 8.90. The Kier molecular flexibility index (Phi) is 5.06. The lowest BCUT2D eigenvalue weighted by molar-refractivity contribution is -0.136. The van der Waals surface area contributed by atoms with Crippen LogP contribution in [0.15, 0.2) is 24.3 Å². The fourth-order valence-corrected chi connectivity index (χ4v) is 3.53. The van der Waals surface area contributed by atoms with Crippen molar-refractivity contribution in [2.24, 2.45) is 0 Å². The Morgan fingerprint density at radius 3 is 2.60 bits per heavy atom. The molecule has 3 atom stereocenters. The zero-order valence-electron chi connectivity index (χ0n) is 14.7. The highest BCUT2D eigenvalue weighted by atomic mass is 16.6. The lowest BCUT2D eigenvalue weighted by Crippen LogP contribution is -2.52. The summed E-state index contributed by atoms with van der Waals surface area (Å²) in [6.07, 6.45) is 2.00. The number of nitrogens with zero attached hydrogens (tertiary/aromatic N) is 1. The van der Waals surface area contributed by atoms with Gasteiger partial charge in [0.05, 0.1) is 6.54 Å². The van der Waals surface area contributed by atoms with Crippen molar-refractivity contribution in [3.8, 4) is 0 Å². The molecule has 2 heterocycles. The Morgan fingerprint density at radius 1 is 1.24 bits per heavy atom. The number of carbonyl (C=O) groups excluding carboxylic acids is 3. The Balaban J connectivity index is 1.68. The molecular formula is C19H24N2O4. The molecule has 25 heavy (non-hydrogen) atoms. The second-order valence-electron chi connectivity index (χ2n) is 6.85. The molecule has 3 rings (SSSR count). The molecule has 2 unspecified atom stereocenters. The molecule has 1 N–H and O–H groups in total. The molecule has 3 amide bonds. The van der Waals surface area contributed by atoms with Gasteiger partial charge in [0, 0.05) is 6.42 Å². The molecule has 2 aliphatic rings. The van der Waals surface area contributed by atoms with Crippen molar-refractivity contribution in [3.05, 3.63) is 35.4 Å². The van der Waals surface area contributed by atoms with Gasteiger partial charge in [-0.3, -0.25) is 19.8 Å². The summed E-state index contributed by atoms with van der Waals surface area (Å²) in [5, 5.41) is 2.29. The summed E-state index contributed by atoms with van der Waals surface area (Å²) in [6, 6.07) is 7.52. The van der Waals surface area contributed by atoms with Crippen LogP contribution in [0.4, 0.5) is 4.79 Å². The first kappa shape index (κ1) is 17.5. The molecule has 1 aromatic carbocycles. The number of imide groups is 1. The fraction of sp³-hybridized carbons (Fsp3) is 0.526. The van der Waals surface area contributed by atoms with Crippen LogP contribution in [0.25, 0.3) is 0 Å². The SMILES string of the molecule is CCCC(C)c1ccc([C@H]2CN(C3CCC(=O)NC3=O)C(=O)O2)cc1. The largest absolute Gasteiger partial charge is 0.439 e. The van der Waals surface area contributed by atoms with Gasteiger partial charge in [-0.25, -0.2) is 4.79 Å². The normalized spacial score (nSPS) is 24.9. The molecule has 6 nitrogen and oxygen atoms in total. The lowest BCUT2D eigenvalue weighted by Gasteiger charge is -2.27. The monoisotopic (exact) mass is 344 g/mol. The van der Waals surface area contributed by atoms with Crippen LogP contribution in [0, 0.1) is 0 Å². The third-order valence-corrected chi connectivity index (χ3v) is 5.03. The number of hydrogen-bond donors (Lipinski definition) is 1. The Bertz CT molecular complexity index is 671. The van der Waals surface area contributed by atoms with Crippen molar-refractivity contribution in [1.29, 1.82) is 0 Å². The smallest absolute Gasteiger partial charge is 0.411 e. The minimum atomic E-state index is -0.626. The van der Waals surface area contributed by atoms with Crippen LogP contribution in [-0.2, 0) is 14.3 Å². The minimum absolute atomic E-state index is 0.245. The first-order chi connectivity index (χ1) is 12.0. The highest BCUT2D eigenvalue weighted by Crippen LogP contribution is 2.30. The number of amides is 3. The van der Waals surface area contributed by atoms with E-state index in [1.54, 1.807) is 0 Å². The highest BCUT2D eigenvalue weighted by molar-refractivity contribution is 6.01. The molecule has 0 aromatic heterocycles. The standard InChI is InChI=1S/C19H24N2O4/c1-3-4-12(2)13-5-7-14(8-6-13)16-11-21(19(24)25-16)15-9-10-17(22)20-18(15)23/h5-8,12,15-16H,3-4,9-11H2,1-2H3,(H,20,22,23)/t12?,15?,16-/m1/s1. The quantitative estimate of drug-likeness (QED) is 0.834. The van der Waals surface area contributed by atoms with Gasteiger partial charge in [-0.15, -0.1) is 0 Å². The predicted molar refractivity (Wildman–Crippen MR) is 91.9 cm³/mol. The zero-order chi connectivity index (χ0) is 18.0. The number of ether oxygens (including phenoxy) is 1. The van der Waals surface area contributed by atoms with Crippen LogP contribution in [0.2, 0.25) is 0 Å². The van der Waals surface area contributed by atoms with Gasteiger partial charge in [0.1, 0.15) is 12.1 Å². The zero-order valence-corrected chi connectivity index (χ0v) is 14.7. The average molecular weight is 344 g/mol. The van der Waals surface area contributed by atoms with E-state index in [4.69, 9.17) is 4.74 Å². The van der Waals surface area contributed by atoms with E-state index >= 15 is 0 Å². The molecule has 2 aliphatic heterocycles. The van der Waals surface area contributed by atoms with E-state index in [9.17, 15) is 14.4 Å². The summed E-state index contributed by atoms with van der Waals surface area (Å²) in [6.45, 7) is 4.71. The van der Waals surface area contributed by atoms with E-state index < -0.39 is 18.0 Å². The topological polar surface area (TPSA) is 75.7 Å². The van der Waals surface area contributed by atoms with Gasteiger partial charge in [0.25, 0.3) is 0 Å². The number of benzene rings is 1. The van der Waals surface area contributed by atoms with Crippen LogP contribution in [-0.4, -0.2) is 35.4 Å². The summed E-state index contributed by atoms with van der Waals surface area (Å²) >= 11 is 0. The van der Waals surface area contributed by atoms with Crippen molar-refractivity contribution in [2.75, 3.05) is 6.54 Å². The molecule has 2 fully saturated rings. The Morgan fingerprint density at radius 2 is 1.96 bits per heavy atom. The summed E-state index contributed by atoms with van der Waals surface area (Å²) in [5.74, 6) is -0.204. The Labute approximate surface area is 147 Å². The van der Waals surface area contributed by atoms with Gasteiger partial charge in [-0.05, 0) is 29.9 Å². The highest BCUT2D eigenvalue weighted by Gasteiger charge is 2.41. The fourth-order valence-electron chi connectivity index (χ4n) is 3.53. The summed E-state index contributed by atoms with van der Waals surface area (Å²) in [7, 11) is 0. The number of rotatable bonds is 5. The van der Waals surface area contributed by atoms with Gasteiger partial charge in [0.2, 0.25) is 11.8 Å². The molecule has 134 valence electrons. The van der Waals surface area contributed by atoms with Crippen LogP contribution >= 0.6 is 0 Å². The molecule has 0 bridgehead atoms. The number of nitrogens with one attached hydrogen (secondary N) is 1. The lowest BCUT2D eigenvalue weighted by atomic mass is 9.95. The summed E-state index contributed by atoms with van der Waals surface area (Å²) in [5.41, 5.74) is 2.20. The van der Waals surface area contributed by atoms with E-state index in [-0.39, 0.29) is 18.4 Å². The molecule has 0 saturated carbocycles. The average Bonchev–Trinajstić information content (AvgIpc) is 2.97.